The number of aromatic hydroxyl groups is 1. The summed E-state index contributed by atoms with van der Waals surface area (Å²) < 4.78 is 5.01. The van der Waals surface area contributed by atoms with Crippen molar-refractivity contribution in [3.63, 3.8) is 0 Å². The van der Waals surface area contributed by atoms with E-state index in [1.807, 2.05) is 18.2 Å². The molecule has 0 saturated heterocycles. The highest BCUT2D eigenvalue weighted by Crippen LogP contribution is 2.27. The number of hydrogen-bond donors (Lipinski definition) is 4. The van der Waals surface area contributed by atoms with Gasteiger partial charge in [-0.2, -0.15) is 0 Å². The van der Waals surface area contributed by atoms with Crippen LogP contribution in [0.4, 0.5) is 0 Å². The van der Waals surface area contributed by atoms with Gasteiger partial charge in [0.1, 0.15) is 0 Å². The lowest BCUT2D eigenvalue weighted by molar-refractivity contribution is 0.0940. The highest BCUT2D eigenvalue weighted by Gasteiger charge is 2.13. The smallest absolute Gasteiger partial charge is 0.251 e. The zero-order valence-electron chi connectivity index (χ0n) is 14.2. The van der Waals surface area contributed by atoms with Crippen LogP contribution in [0.1, 0.15) is 21.5 Å². The van der Waals surface area contributed by atoms with E-state index in [2.05, 4.69) is 5.32 Å². The molecule has 0 saturated carbocycles. The lowest BCUT2D eigenvalue weighted by atomic mass is 9.99. The van der Waals surface area contributed by atoms with Gasteiger partial charge in [-0.05, 0) is 41.8 Å². The van der Waals surface area contributed by atoms with Gasteiger partial charge in [0.25, 0.3) is 5.91 Å². The molecule has 25 heavy (non-hydrogen) atoms. The van der Waals surface area contributed by atoms with Gasteiger partial charge in [0.2, 0.25) is 0 Å². The predicted octanol–water partition coefficient (Wildman–Crippen LogP) is 1.44. The van der Waals surface area contributed by atoms with E-state index < -0.39 is 0 Å². The number of phenolic OH excluding ortho intramolecular Hbond substituents is 1. The second-order valence-electron chi connectivity index (χ2n) is 5.87. The molecule has 0 aromatic heterocycles. The van der Waals surface area contributed by atoms with Crippen LogP contribution in [0.5, 0.6) is 11.5 Å². The van der Waals surface area contributed by atoms with Gasteiger partial charge in [0.15, 0.2) is 11.5 Å². The second kappa shape index (κ2) is 9.05. The van der Waals surface area contributed by atoms with Crippen LogP contribution in [0.15, 0.2) is 42.5 Å². The zero-order valence-corrected chi connectivity index (χ0v) is 14.2. The van der Waals surface area contributed by atoms with E-state index >= 15 is 0 Å². The van der Waals surface area contributed by atoms with Crippen LogP contribution in [-0.2, 0) is 13.0 Å². The summed E-state index contributed by atoms with van der Waals surface area (Å²) in [5, 5.41) is 22.2. The summed E-state index contributed by atoms with van der Waals surface area (Å²) >= 11 is 0. The molecule has 5 N–H and O–H groups in total. The van der Waals surface area contributed by atoms with Gasteiger partial charge in [-0.1, -0.05) is 18.2 Å². The maximum absolute atomic E-state index is 12.2. The molecule has 0 bridgehead atoms. The van der Waals surface area contributed by atoms with Gasteiger partial charge in [-0.15, -0.1) is 0 Å². The van der Waals surface area contributed by atoms with Crippen molar-refractivity contribution in [1.82, 2.24) is 5.32 Å². The summed E-state index contributed by atoms with van der Waals surface area (Å²) in [6, 6.07) is 12.2. The molecule has 2 rings (SSSR count). The largest absolute Gasteiger partial charge is 0.504 e. The third-order valence-electron chi connectivity index (χ3n) is 4.03. The number of benzene rings is 2. The fourth-order valence-corrected chi connectivity index (χ4v) is 2.53. The van der Waals surface area contributed by atoms with Crippen molar-refractivity contribution in [2.45, 2.75) is 13.0 Å². The van der Waals surface area contributed by atoms with Crippen LogP contribution in [0, 0.1) is 5.92 Å². The number of carbonyl (C=O) groups excluding carboxylic acids is 1. The summed E-state index contributed by atoms with van der Waals surface area (Å²) in [4.78, 5) is 12.2. The molecule has 1 atom stereocenters. The number of carbonyl (C=O) groups is 1. The van der Waals surface area contributed by atoms with Crippen LogP contribution >= 0.6 is 0 Å². The lowest BCUT2D eigenvalue weighted by Gasteiger charge is -2.16. The van der Waals surface area contributed by atoms with E-state index in [1.54, 1.807) is 24.3 Å². The number of ether oxygens (including phenoxy) is 1. The van der Waals surface area contributed by atoms with Crippen LogP contribution in [-0.4, -0.2) is 36.4 Å². The standard InChI is InChI=1S/C19H24N2O4/c1-25-18-7-4-14(9-17(18)23)8-15(12-22)11-21-19(24)16-5-2-13(10-20)3-6-16/h2-7,9,15,22-23H,8,10-12,20H2,1H3,(H,21,24). The summed E-state index contributed by atoms with van der Waals surface area (Å²) in [5.41, 5.74) is 7.91. The number of methoxy groups -OCH3 is 1. The van der Waals surface area contributed by atoms with E-state index in [1.165, 1.54) is 7.11 Å². The van der Waals surface area contributed by atoms with Crippen LogP contribution in [0.2, 0.25) is 0 Å². The molecule has 1 unspecified atom stereocenters. The summed E-state index contributed by atoms with van der Waals surface area (Å²) in [7, 11) is 1.49. The average molecular weight is 344 g/mol. The van der Waals surface area contributed by atoms with E-state index in [0.29, 0.717) is 30.8 Å². The Morgan fingerprint density at radius 3 is 2.44 bits per heavy atom. The Labute approximate surface area is 147 Å². The summed E-state index contributed by atoms with van der Waals surface area (Å²) in [6.07, 6.45) is 0.528. The maximum atomic E-state index is 12.2. The number of phenols is 1. The van der Waals surface area contributed by atoms with E-state index in [-0.39, 0.29) is 24.2 Å². The molecule has 1 amide bonds. The van der Waals surface area contributed by atoms with E-state index in [0.717, 1.165) is 11.1 Å². The zero-order chi connectivity index (χ0) is 18.2. The van der Waals surface area contributed by atoms with Crippen LogP contribution in [0.25, 0.3) is 0 Å². The Morgan fingerprint density at radius 2 is 1.88 bits per heavy atom. The summed E-state index contributed by atoms with van der Waals surface area (Å²) in [5.74, 6) is 0.110. The number of nitrogens with one attached hydrogen (secondary N) is 1. The molecule has 0 aliphatic rings. The molecule has 6 nitrogen and oxygen atoms in total. The third-order valence-corrected chi connectivity index (χ3v) is 4.03. The Hall–Kier alpha value is -2.57. The first-order valence-corrected chi connectivity index (χ1v) is 8.11. The SMILES string of the molecule is COc1ccc(CC(CO)CNC(=O)c2ccc(CN)cc2)cc1O. The molecule has 134 valence electrons. The Kier molecular flexibility index (Phi) is 6.80. The van der Waals surface area contributed by atoms with Gasteiger partial charge in [0.05, 0.1) is 7.11 Å². The van der Waals surface area contributed by atoms with E-state index in [9.17, 15) is 15.0 Å². The molecule has 6 heteroatoms. The Morgan fingerprint density at radius 1 is 1.20 bits per heavy atom. The quantitative estimate of drug-likeness (QED) is 0.580. The highest BCUT2D eigenvalue weighted by atomic mass is 16.5. The van der Waals surface area contributed by atoms with Crippen LogP contribution < -0.4 is 15.8 Å². The van der Waals surface area contributed by atoms with Crippen molar-refractivity contribution in [3.05, 3.63) is 59.2 Å². The highest BCUT2D eigenvalue weighted by molar-refractivity contribution is 5.94. The molecule has 0 heterocycles. The number of hydrogen-bond acceptors (Lipinski definition) is 5. The average Bonchev–Trinajstić information content (AvgIpc) is 2.65. The van der Waals surface area contributed by atoms with Crippen molar-refractivity contribution >= 4 is 5.91 Å². The van der Waals surface area contributed by atoms with Gasteiger partial charge in [-0.3, -0.25) is 4.79 Å². The Bertz CT molecular complexity index is 701. The summed E-state index contributed by atoms with van der Waals surface area (Å²) in [6.45, 7) is 0.698. The van der Waals surface area contributed by atoms with Gasteiger partial charge in [0, 0.05) is 31.2 Å². The first kappa shape index (κ1) is 18.8. The number of aliphatic hydroxyl groups excluding tert-OH is 1. The molecule has 2 aromatic rings. The fraction of sp³-hybridized carbons (Fsp3) is 0.316. The maximum Gasteiger partial charge on any atom is 0.251 e. The second-order valence-corrected chi connectivity index (χ2v) is 5.87. The topological polar surface area (TPSA) is 105 Å². The minimum Gasteiger partial charge on any atom is -0.504 e. The van der Waals surface area contributed by atoms with Crippen molar-refractivity contribution in [2.75, 3.05) is 20.3 Å². The first-order chi connectivity index (χ1) is 12.1. The molecular formula is C19H24N2O4. The molecule has 0 radical (unpaired) electrons. The van der Waals surface area contributed by atoms with Crippen molar-refractivity contribution < 1.29 is 19.7 Å². The Balaban J connectivity index is 1.92. The molecular weight excluding hydrogens is 320 g/mol. The molecule has 0 fully saturated rings. The third kappa shape index (κ3) is 5.20. The minimum atomic E-state index is -0.195. The fourth-order valence-electron chi connectivity index (χ4n) is 2.53. The lowest BCUT2D eigenvalue weighted by Crippen LogP contribution is -2.31. The molecule has 0 aliphatic carbocycles. The monoisotopic (exact) mass is 344 g/mol. The van der Waals surface area contributed by atoms with E-state index in [4.69, 9.17) is 10.5 Å². The molecule has 0 spiro atoms. The van der Waals surface area contributed by atoms with Crippen molar-refractivity contribution in [2.24, 2.45) is 11.7 Å². The molecule has 0 aliphatic heterocycles. The van der Waals surface area contributed by atoms with Gasteiger partial charge < -0.3 is 26.0 Å². The normalized spacial score (nSPS) is 11.8. The number of rotatable bonds is 8. The van der Waals surface area contributed by atoms with Crippen molar-refractivity contribution in [1.29, 1.82) is 0 Å². The number of nitrogens with two attached hydrogens (primary N) is 1. The minimum absolute atomic E-state index is 0.0562. The number of amides is 1. The molecule has 2 aromatic carbocycles. The first-order valence-electron chi connectivity index (χ1n) is 8.11. The number of aliphatic hydroxyl groups is 1. The van der Waals surface area contributed by atoms with Gasteiger partial charge >= 0.3 is 0 Å². The van der Waals surface area contributed by atoms with Gasteiger partial charge in [-0.25, -0.2) is 0 Å². The van der Waals surface area contributed by atoms with Crippen molar-refractivity contribution in [3.8, 4) is 11.5 Å². The van der Waals surface area contributed by atoms with Crippen LogP contribution in [0.3, 0.4) is 0 Å². The predicted molar refractivity (Wildman–Crippen MR) is 95.6 cm³/mol.